The molecule has 0 aliphatic carbocycles. The Labute approximate surface area is 433 Å². The van der Waals surface area contributed by atoms with Crippen LogP contribution in [0.3, 0.4) is 0 Å². The van der Waals surface area contributed by atoms with Crippen LogP contribution in [0.25, 0.3) is 42.4 Å². The average molecular weight is 1030 g/mol. The number of thiophene rings is 2. The van der Waals surface area contributed by atoms with Crippen LogP contribution in [0.5, 0.6) is 46.0 Å². The molecule has 0 N–H and O–H groups in total. The van der Waals surface area contributed by atoms with E-state index in [-0.39, 0.29) is 0 Å². The molecule has 0 saturated carbocycles. The first kappa shape index (κ1) is 50.4. The van der Waals surface area contributed by atoms with Crippen LogP contribution in [0.4, 0.5) is 0 Å². The molecule has 1 atom stereocenters. The molecule has 2 saturated heterocycles. The van der Waals surface area contributed by atoms with Crippen LogP contribution in [0.2, 0.25) is 0 Å². The maximum Gasteiger partial charge on any atom is 0.143 e. The second-order valence-corrected chi connectivity index (χ2v) is 22.5. The Morgan fingerprint density at radius 1 is 0.507 bits per heavy atom. The minimum Gasteiger partial charge on any atom is -0.497 e. The third-order valence-corrected chi connectivity index (χ3v) is 17.6. The molecule has 13 heteroatoms. The van der Waals surface area contributed by atoms with Crippen molar-refractivity contribution in [3.05, 3.63) is 133 Å². The van der Waals surface area contributed by atoms with Gasteiger partial charge in [-0.3, -0.25) is 14.0 Å². The molecule has 2 aliphatic heterocycles. The standard InChI is InChI=1S/C29H31NO4S2.C29H31NO3S2/c1-32-24-11-13-25-21(20-24)6-12-26(27-14-15-28(35-27)36(2)31)29(25)34-23-9-7-22(8-10-23)33-19-18-30-16-4-3-5-17-30;1-31-24-11-13-25-21(20-24)6-12-26(27-14-15-28(34-2)35-27)29(25)33-23-9-7-22(8-10-23)32-19-18-30-16-4-3-5-17-30/h6-15,20H,3-5,16-19H2,1-2H3;6-15,20H,3-5,16-19H2,1-2H3. The van der Waals surface area contributed by atoms with Crippen molar-refractivity contribution in [1.29, 1.82) is 0 Å². The summed E-state index contributed by atoms with van der Waals surface area (Å²) in [5.41, 5.74) is 2.06. The molecule has 4 heterocycles. The highest BCUT2D eigenvalue weighted by atomic mass is 32.2. The molecule has 71 heavy (non-hydrogen) atoms. The lowest BCUT2D eigenvalue weighted by Crippen LogP contribution is -2.33. The molecule has 0 spiro atoms. The molecule has 2 aliphatic rings. The summed E-state index contributed by atoms with van der Waals surface area (Å²) in [6.45, 7) is 8.09. The smallest absolute Gasteiger partial charge is 0.143 e. The second kappa shape index (κ2) is 24.7. The monoisotopic (exact) mass is 1030 g/mol. The van der Waals surface area contributed by atoms with E-state index in [1.165, 1.54) is 85.1 Å². The van der Waals surface area contributed by atoms with E-state index in [1.54, 1.807) is 43.6 Å². The number of piperidine rings is 2. The topological polar surface area (TPSA) is 78.9 Å². The van der Waals surface area contributed by atoms with E-state index in [1.807, 2.05) is 91.0 Å². The van der Waals surface area contributed by atoms with Gasteiger partial charge in [0.2, 0.25) is 0 Å². The molecule has 0 amide bonds. The molecule has 2 fully saturated rings. The third kappa shape index (κ3) is 13.1. The van der Waals surface area contributed by atoms with Crippen LogP contribution >= 0.6 is 34.4 Å². The van der Waals surface area contributed by atoms with Crippen molar-refractivity contribution in [2.45, 2.75) is 46.9 Å². The first-order valence-electron chi connectivity index (χ1n) is 24.4. The van der Waals surface area contributed by atoms with E-state index in [0.29, 0.717) is 13.2 Å². The molecule has 2 aromatic heterocycles. The van der Waals surface area contributed by atoms with E-state index >= 15 is 0 Å². The Morgan fingerprint density at radius 2 is 0.944 bits per heavy atom. The summed E-state index contributed by atoms with van der Waals surface area (Å²) in [6.07, 6.45) is 11.7. The maximum atomic E-state index is 12.0. The summed E-state index contributed by atoms with van der Waals surface area (Å²) >= 11 is 5.08. The van der Waals surface area contributed by atoms with Crippen LogP contribution in [0.15, 0.2) is 142 Å². The number of likely N-dealkylation sites (tertiary alicyclic amines) is 2. The zero-order valence-electron chi connectivity index (χ0n) is 41.0. The second-order valence-electron chi connectivity index (χ2n) is 17.6. The van der Waals surface area contributed by atoms with Gasteiger partial charge in [-0.05, 0) is 190 Å². The van der Waals surface area contributed by atoms with Gasteiger partial charge in [-0.25, -0.2) is 0 Å². The van der Waals surface area contributed by atoms with E-state index < -0.39 is 10.8 Å². The van der Waals surface area contributed by atoms with Gasteiger partial charge in [0, 0.05) is 51.0 Å². The minimum atomic E-state index is -1.02. The molecule has 8 aromatic rings. The van der Waals surface area contributed by atoms with Gasteiger partial charge in [-0.1, -0.05) is 25.0 Å². The van der Waals surface area contributed by atoms with Crippen LogP contribution in [0, 0.1) is 0 Å². The summed E-state index contributed by atoms with van der Waals surface area (Å²) in [5, 5.41) is 4.16. The number of hydrogen-bond donors (Lipinski definition) is 0. The number of benzene rings is 6. The largest absolute Gasteiger partial charge is 0.497 e. The van der Waals surface area contributed by atoms with Gasteiger partial charge < -0.3 is 28.4 Å². The molecular formula is C58H62N2O7S4. The van der Waals surface area contributed by atoms with E-state index in [9.17, 15) is 4.21 Å². The molecule has 10 rings (SSSR count). The summed E-state index contributed by atoms with van der Waals surface area (Å²) in [7, 11) is 2.34. The lowest BCUT2D eigenvalue weighted by Gasteiger charge is -2.26. The predicted molar refractivity (Wildman–Crippen MR) is 296 cm³/mol. The first-order valence-corrected chi connectivity index (χ1v) is 28.8. The molecule has 9 nitrogen and oxygen atoms in total. The fourth-order valence-electron chi connectivity index (χ4n) is 9.01. The number of fused-ring (bicyclic) bond motifs is 2. The highest BCUT2D eigenvalue weighted by molar-refractivity contribution is 8.00. The fraction of sp³-hybridized carbons (Fsp3) is 0.310. The summed E-state index contributed by atoms with van der Waals surface area (Å²) in [4.78, 5) is 7.18. The lowest BCUT2D eigenvalue weighted by molar-refractivity contribution is 0.183. The molecular weight excluding hydrogens is 965 g/mol. The summed E-state index contributed by atoms with van der Waals surface area (Å²) in [5.74, 6) is 6.51. The molecule has 1 unspecified atom stereocenters. The van der Waals surface area contributed by atoms with Crippen molar-refractivity contribution >= 4 is 66.8 Å². The number of nitrogens with zero attached hydrogens (tertiary/aromatic N) is 2. The van der Waals surface area contributed by atoms with Crippen molar-refractivity contribution < 1.29 is 32.6 Å². The van der Waals surface area contributed by atoms with Gasteiger partial charge in [0.05, 0.1) is 33.4 Å². The molecule has 370 valence electrons. The van der Waals surface area contributed by atoms with Gasteiger partial charge in [0.25, 0.3) is 0 Å². The van der Waals surface area contributed by atoms with Crippen molar-refractivity contribution in [1.82, 2.24) is 9.80 Å². The quantitative estimate of drug-likeness (QED) is 0.0776. The minimum absolute atomic E-state index is 0.690. The van der Waals surface area contributed by atoms with Crippen LogP contribution < -0.4 is 28.4 Å². The van der Waals surface area contributed by atoms with Crippen molar-refractivity contribution in [2.24, 2.45) is 0 Å². The van der Waals surface area contributed by atoms with Crippen molar-refractivity contribution in [3.8, 4) is 66.9 Å². The van der Waals surface area contributed by atoms with Crippen LogP contribution in [-0.4, -0.2) is 93.2 Å². The Kier molecular flexibility index (Phi) is 17.6. The first-order chi connectivity index (χ1) is 34.8. The van der Waals surface area contributed by atoms with Gasteiger partial charge in [0.15, 0.2) is 0 Å². The highest BCUT2D eigenvalue weighted by Crippen LogP contribution is 2.45. The van der Waals surface area contributed by atoms with Crippen LogP contribution in [0.1, 0.15) is 38.5 Å². The lowest BCUT2D eigenvalue weighted by atomic mass is 10.0. The van der Waals surface area contributed by atoms with Gasteiger partial charge in [0.1, 0.15) is 59.2 Å². The number of thioether (sulfide) groups is 1. The molecule has 6 aromatic carbocycles. The van der Waals surface area contributed by atoms with Gasteiger partial charge in [-0.15, -0.1) is 34.4 Å². The van der Waals surface area contributed by atoms with Crippen molar-refractivity contribution in [3.63, 3.8) is 0 Å². The summed E-state index contributed by atoms with van der Waals surface area (Å²) < 4.78 is 50.0. The molecule has 0 bridgehead atoms. The van der Waals surface area contributed by atoms with Crippen LogP contribution in [-0.2, 0) is 10.8 Å². The normalized spacial score (nSPS) is 14.6. The van der Waals surface area contributed by atoms with E-state index in [0.717, 1.165) is 101 Å². The predicted octanol–water partition coefficient (Wildman–Crippen LogP) is 14.9. The van der Waals surface area contributed by atoms with Gasteiger partial charge in [-0.2, -0.15) is 0 Å². The van der Waals surface area contributed by atoms with Gasteiger partial charge >= 0.3 is 0 Å². The fourth-order valence-corrected chi connectivity index (χ4v) is 12.3. The van der Waals surface area contributed by atoms with Crippen molar-refractivity contribution in [2.75, 3.05) is 79.2 Å². The maximum absolute atomic E-state index is 12.0. The Hall–Kier alpha value is -5.54. The molecule has 0 radical (unpaired) electrons. The van der Waals surface area contributed by atoms with E-state index in [2.05, 4.69) is 58.5 Å². The Bertz CT molecular complexity index is 3010. The Balaban J connectivity index is 0.000000176. The number of methoxy groups -OCH3 is 2. The zero-order valence-corrected chi connectivity index (χ0v) is 44.3. The SMILES string of the molecule is COc1ccc2c(Oc3ccc(OCCN4CCCCC4)cc3)c(-c3ccc(S(C)=O)s3)ccc2c1.COc1ccc2c(Oc3ccc(OCCN4CCCCC4)cc3)c(-c3ccc(SC)s3)ccc2c1. The average Bonchev–Trinajstić information content (AvgIpc) is 4.12. The number of ether oxygens (including phenoxy) is 6. The van der Waals surface area contributed by atoms with E-state index in [4.69, 9.17) is 28.4 Å². The Morgan fingerprint density at radius 3 is 1.37 bits per heavy atom. The highest BCUT2D eigenvalue weighted by Gasteiger charge is 2.18. The number of hydrogen-bond acceptors (Lipinski definition) is 12. The zero-order chi connectivity index (χ0) is 48.9. The third-order valence-electron chi connectivity index (χ3n) is 12.9. The number of rotatable bonds is 18. The summed E-state index contributed by atoms with van der Waals surface area (Å²) in [6, 6.07) is 44.6.